The van der Waals surface area contributed by atoms with Crippen molar-refractivity contribution in [3.8, 4) is 0 Å². The molecule has 0 unspecified atom stereocenters. The number of esters is 2. The molecule has 0 aromatic heterocycles. The van der Waals surface area contributed by atoms with E-state index in [2.05, 4.69) is 14.8 Å². The van der Waals surface area contributed by atoms with Crippen LogP contribution in [0.2, 0.25) is 0 Å². The molecular weight excluding hydrogens is 288 g/mol. The molecular formula is C15H20N2O5. The molecule has 0 aliphatic carbocycles. The quantitative estimate of drug-likeness (QED) is 0.710. The minimum Gasteiger partial charge on any atom is -0.467 e. The molecule has 3 N–H and O–H groups in total. The minimum absolute atomic E-state index is 0.328. The van der Waals surface area contributed by atoms with Crippen LogP contribution in [-0.4, -0.2) is 44.7 Å². The first kappa shape index (κ1) is 17.6. The fraction of sp³-hybridized carbons (Fsp3) is 0.400. The monoisotopic (exact) mass is 308 g/mol. The number of methoxy groups -OCH3 is 2. The summed E-state index contributed by atoms with van der Waals surface area (Å²) >= 11 is 0. The van der Waals surface area contributed by atoms with Gasteiger partial charge < -0.3 is 20.5 Å². The van der Waals surface area contributed by atoms with E-state index in [0.717, 1.165) is 0 Å². The lowest BCUT2D eigenvalue weighted by Crippen LogP contribution is -2.41. The zero-order valence-electron chi connectivity index (χ0n) is 12.6. The van der Waals surface area contributed by atoms with Crippen LogP contribution < -0.4 is 11.1 Å². The van der Waals surface area contributed by atoms with Crippen LogP contribution in [0.1, 0.15) is 33.6 Å². The van der Waals surface area contributed by atoms with Crippen LogP contribution in [0.4, 0.5) is 0 Å². The van der Waals surface area contributed by atoms with Crippen LogP contribution in [-0.2, 0) is 14.3 Å². The third kappa shape index (κ3) is 4.85. The normalized spacial score (nSPS) is 11.4. The number of rotatable bonds is 7. The Morgan fingerprint density at radius 3 is 2.18 bits per heavy atom. The number of nitrogens with two attached hydrogens (primary N) is 1. The van der Waals surface area contributed by atoms with Gasteiger partial charge in [0.2, 0.25) is 0 Å². The van der Waals surface area contributed by atoms with E-state index in [9.17, 15) is 14.4 Å². The van der Waals surface area contributed by atoms with Gasteiger partial charge >= 0.3 is 11.9 Å². The number of hydrogen-bond donors (Lipinski definition) is 2. The molecule has 1 rings (SSSR count). The van der Waals surface area contributed by atoms with Crippen molar-refractivity contribution in [3.63, 3.8) is 0 Å². The topological polar surface area (TPSA) is 108 Å². The second-order valence-corrected chi connectivity index (χ2v) is 4.55. The van der Waals surface area contributed by atoms with Crippen LogP contribution >= 0.6 is 0 Å². The highest BCUT2D eigenvalue weighted by Gasteiger charge is 2.21. The van der Waals surface area contributed by atoms with Gasteiger partial charge in [0.1, 0.15) is 6.04 Å². The second kappa shape index (κ2) is 8.78. The van der Waals surface area contributed by atoms with Crippen LogP contribution in [0.3, 0.4) is 0 Å². The first-order chi connectivity index (χ1) is 10.5. The number of benzene rings is 1. The van der Waals surface area contributed by atoms with E-state index >= 15 is 0 Å². The molecule has 0 heterocycles. The van der Waals surface area contributed by atoms with E-state index in [1.807, 2.05) is 0 Å². The van der Waals surface area contributed by atoms with Gasteiger partial charge in [0, 0.05) is 5.56 Å². The average molecular weight is 308 g/mol. The number of amides is 1. The third-order valence-electron chi connectivity index (χ3n) is 3.06. The summed E-state index contributed by atoms with van der Waals surface area (Å²) in [6.45, 7) is 0.414. The highest BCUT2D eigenvalue weighted by Crippen LogP contribution is 2.07. The number of hydrogen-bond acceptors (Lipinski definition) is 6. The van der Waals surface area contributed by atoms with E-state index in [1.54, 1.807) is 0 Å². The summed E-state index contributed by atoms with van der Waals surface area (Å²) in [5.41, 5.74) is 6.08. The van der Waals surface area contributed by atoms with E-state index in [-0.39, 0.29) is 0 Å². The van der Waals surface area contributed by atoms with Gasteiger partial charge in [-0.3, -0.25) is 4.79 Å². The number of carbonyl (C=O) groups excluding carboxylic acids is 3. The summed E-state index contributed by atoms with van der Waals surface area (Å²) in [7, 11) is 2.54. The largest absolute Gasteiger partial charge is 0.467 e. The molecule has 0 saturated carbocycles. The molecule has 1 aromatic rings. The van der Waals surface area contributed by atoms with E-state index in [0.29, 0.717) is 30.5 Å². The maximum Gasteiger partial charge on any atom is 0.337 e. The van der Waals surface area contributed by atoms with Crippen molar-refractivity contribution in [2.45, 2.75) is 18.9 Å². The molecule has 120 valence electrons. The van der Waals surface area contributed by atoms with Crippen molar-refractivity contribution in [1.82, 2.24) is 5.32 Å². The molecule has 0 aliphatic rings. The predicted molar refractivity (Wildman–Crippen MR) is 79.3 cm³/mol. The van der Waals surface area contributed by atoms with Crippen molar-refractivity contribution in [2.24, 2.45) is 5.73 Å². The van der Waals surface area contributed by atoms with Crippen molar-refractivity contribution in [2.75, 3.05) is 20.8 Å². The SMILES string of the molecule is COC(=O)c1ccc(C(=O)N[C@@H](CCCN)C(=O)OC)cc1. The first-order valence-electron chi connectivity index (χ1n) is 6.80. The molecule has 0 aliphatic heterocycles. The summed E-state index contributed by atoms with van der Waals surface area (Å²) < 4.78 is 9.23. The lowest BCUT2D eigenvalue weighted by molar-refractivity contribution is -0.143. The molecule has 22 heavy (non-hydrogen) atoms. The molecule has 1 atom stereocenters. The second-order valence-electron chi connectivity index (χ2n) is 4.55. The summed E-state index contributed by atoms with van der Waals surface area (Å²) in [6, 6.07) is 5.18. The van der Waals surface area contributed by atoms with E-state index in [1.165, 1.54) is 38.5 Å². The van der Waals surface area contributed by atoms with Gasteiger partial charge in [-0.1, -0.05) is 0 Å². The first-order valence-corrected chi connectivity index (χ1v) is 6.80. The molecule has 7 nitrogen and oxygen atoms in total. The van der Waals surface area contributed by atoms with Crippen molar-refractivity contribution in [3.05, 3.63) is 35.4 Å². The Hall–Kier alpha value is -2.41. The number of nitrogens with one attached hydrogen (secondary N) is 1. The van der Waals surface area contributed by atoms with Gasteiger partial charge in [0.15, 0.2) is 0 Å². The molecule has 0 radical (unpaired) electrons. The molecule has 0 saturated heterocycles. The zero-order valence-corrected chi connectivity index (χ0v) is 12.6. The Morgan fingerprint density at radius 1 is 1.09 bits per heavy atom. The molecule has 1 aromatic carbocycles. The zero-order chi connectivity index (χ0) is 16.5. The van der Waals surface area contributed by atoms with Gasteiger partial charge in [0.25, 0.3) is 5.91 Å². The maximum atomic E-state index is 12.1. The molecule has 0 spiro atoms. The van der Waals surface area contributed by atoms with Gasteiger partial charge in [-0.25, -0.2) is 9.59 Å². The van der Waals surface area contributed by atoms with E-state index in [4.69, 9.17) is 5.73 Å². The Kier molecular flexibility index (Phi) is 7.04. The summed E-state index contributed by atoms with van der Waals surface area (Å²) in [4.78, 5) is 35.1. The highest BCUT2D eigenvalue weighted by atomic mass is 16.5. The molecule has 1 amide bonds. The number of ether oxygens (including phenoxy) is 2. The fourth-order valence-corrected chi connectivity index (χ4v) is 1.83. The lowest BCUT2D eigenvalue weighted by Gasteiger charge is -2.16. The van der Waals surface area contributed by atoms with Crippen molar-refractivity contribution < 1.29 is 23.9 Å². The maximum absolute atomic E-state index is 12.1. The summed E-state index contributed by atoms with van der Waals surface area (Å²) in [5, 5.41) is 2.60. The van der Waals surface area contributed by atoms with Crippen LogP contribution in [0, 0.1) is 0 Å². The van der Waals surface area contributed by atoms with Gasteiger partial charge in [-0.15, -0.1) is 0 Å². The predicted octanol–water partition coefficient (Wildman–Crippen LogP) is 0.484. The minimum atomic E-state index is -0.749. The smallest absolute Gasteiger partial charge is 0.337 e. The van der Waals surface area contributed by atoms with E-state index < -0.39 is 23.9 Å². The Balaban J connectivity index is 2.76. The molecule has 0 bridgehead atoms. The Labute approximate surface area is 128 Å². The van der Waals surface area contributed by atoms with Gasteiger partial charge in [-0.05, 0) is 43.7 Å². The van der Waals surface area contributed by atoms with Crippen LogP contribution in [0.25, 0.3) is 0 Å². The average Bonchev–Trinajstić information content (AvgIpc) is 2.56. The Morgan fingerprint density at radius 2 is 1.68 bits per heavy atom. The van der Waals surface area contributed by atoms with Gasteiger partial charge in [0.05, 0.1) is 19.8 Å². The van der Waals surface area contributed by atoms with Crippen molar-refractivity contribution >= 4 is 17.8 Å². The van der Waals surface area contributed by atoms with Crippen LogP contribution in [0.5, 0.6) is 0 Å². The summed E-state index contributed by atoms with van der Waals surface area (Å²) in [5.74, 6) is -1.43. The third-order valence-corrected chi connectivity index (χ3v) is 3.06. The lowest BCUT2D eigenvalue weighted by atomic mass is 10.1. The Bertz CT molecular complexity index is 527. The van der Waals surface area contributed by atoms with Gasteiger partial charge in [-0.2, -0.15) is 0 Å². The number of carbonyl (C=O) groups is 3. The molecule has 0 fully saturated rings. The summed E-state index contributed by atoms with van der Waals surface area (Å²) in [6.07, 6.45) is 0.983. The molecule has 7 heteroatoms. The van der Waals surface area contributed by atoms with Crippen LogP contribution in [0.15, 0.2) is 24.3 Å². The fourth-order valence-electron chi connectivity index (χ4n) is 1.83. The van der Waals surface area contributed by atoms with Crippen molar-refractivity contribution in [1.29, 1.82) is 0 Å². The highest BCUT2D eigenvalue weighted by molar-refractivity contribution is 5.98. The standard InChI is InChI=1S/C15H20N2O5/c1-21-14(19)11-7-5-10(6-8-11)13(18)17-12(4-3-9-16)15(20)22-2/h5-8,12H,3-4,9,16H2,1-2H3,(H,17,18)/t12-/m0/s1.